The van der Waals surface area contributed by atoms with Gasteiger partial charge in [0, 0.05) is 31.1 Å². The first-order chi connectivity index (χ1) is 9.52. The van der Waals surface area contributed by atoms with E-state index in [1.807, 2.05) is 6.92 Å². The molecule has 1 aliphatic heterocycles. The van der Waals surface area contributed by atoms with Gasteiger partial charge in [0.15, 0.2) is 0 Å². The lowest BCUT2D eigenvalue weighted by molar-refractivity contribution is -0.123. The normalized spacial score (nSPS) is 18.9. The summed E-state index contributed by atoms with van der Waals surface area (Å²) in [5.41, 5.74) is 6.44. The van der Waals surface area contributed by atoms with Gasteiger partial charge < -0.3 is 15.7 Å². The van der Waals surface area contributed by atoms with Gasteiger partial charge in [-0.1, -0.05) is 6.92 Å². The molecule has 0 bridgehead atoms. The van der Waals surface area contributed by atoms with E-state index in [4.69, 9.17) is 5.73 Å². The van der Waals surface area contributed by atoms with E-state index in [1.165, 1.54) is 18.2 Å². The lowest BCUT2D eigenvalue weighted by Gasteiger charge is -2.32. The average Bonchev–Trinajstić information content (AvgIpc) is 2.48. The molecule has 0 spiro atoms. The number of carbonyl (C=O) groups excluding carboxylic acids is 2. The van der Waals surface area contributed by atoms with E-state index in [-0.39, 0.29) is 23.4 Å². The zero-order valence-corrected chi connectivity index (χ0v) is 11.6. The Morgan fingerprint density at radius 3 is 2.90 bits per heavy atom. The van der Waals surface area contributed by atoms with Gasteiger partial charge in [-0.05, 0) is 31.0 Å². The summed E-state index contributed by atoms with van der Waals surface area (Å²) < 4.78 is 0. The van der Waals surface area contributed by atoms with Crippen molar-refractivity contribution in [1.29, 1.82) is 0 Å². The number of anilines is 1. The van der Waals surface area contributed by atoms with E-state index in [0.29, 0.717) is 30.8 Å². The number of ketones is 1. The lowest BCUT2D eigenvalue weighted by Crippen LogP contribution is -2.42. The molecule has 5 nitrogen and oxygen atoms in total. The third-order valence-corrected chi connectivity index (χ3v) is 3.78. The molecule has 1 aromatic rings. The SMILES string of the molecule is CCC(=O)C1CCCN(C(=O)c2cc(O)ccc2N)C1. The average molecular weight is 276 g/mol. The predicted molar refractivity (Wildman–Crippen MR) is 76.4 cm³/mol. The Hall–Kier alpha value is -2.04. The number of aromatic hydroxyl groups is 1. The van der Waals surface area contributed by atoms with Crippen LogP contribution in [-0.4, -0.2) is 34.8 Å². The van der Waals surface area contributed by atoms with Crippen molar-refractivity contribution in [2.75, 3.05) is 18.8 Å². The van der Waals surface area contributed by atoms with Crippen molar-refractivity contribution >= 4 is 17.4 Å². The fourth-order valence-corrected chi connectivity index (χ4v) is 2.61. The summed E-state index contributed by atoms with van der Waals surface area (Å²) in [5.74, 6) is -0.0737. The number of phenols is 1. The molecular formula is C15H20N2O3. The maximum atomic E-state index is 12.5. The van der Waals surface area contributed by atoms with E-state index in [1.54, 1.807) is 4.90 Å². The number of amides is 1. The number of hydrogen-bond acceptors (Lipinski definition) is 4. The van der Waals surface area contributed by atoms with Crippen molar-refractivity contribution in [3.63, 3.8) is 0 Å². The molecule has 1 atom stereocenters. The number of likely N-dealkylation sites (tertiary alicyclic amines) is 1. The van der Waals surface area contributed by atoms with E-state index in [2.05, 4.69) is 0 Å². The topological polar surface area (TPSA) is 83.6 Å². The zero-order valence-electron chi connectivity index (χ0n) is 11.6. The molecule has 0 aliphatic carbocycles. The molecule has 2 rings (SSSR count). The summed E-state index contributed by atoms with van der Waals surface area (Å²) in [5, 5.41) is 9.48. The van der Waals surface area contributed by atoms with Crippen LogP contribution in [0, 0.1) is 5.92 Å². The van der Waals surface area contributed by atoms with Crippen LogP contribution in [0.3, 0.4) is 0 Å². The monoisotopic (exact) mass is 276 g/mol. The van der Waals surface area contributed by atoms with Gasteiger partial charge in [0.25, 0.3) is 5.91 Å². The van der Waals surface area contributed by atoms with Gasteiger partial charge in [0.2, 0.25) is 0 Å². The second kappa shape index (κ2) is 5.94. The third-order valence-electron chi connectivity index (χ3n) is 3.78. The molecule has 1 aliphatic rings. The Kier molecular flexibility index (Phi) is 4.27. The van der Waals surface area contributed by atoms with Crippen molar-refractivity contribution in [1.82, 2.24) is 4.90 Å². The van der Waals surface area contributed by atoms with Crippen LogP contribution in [0.1, 0.15) is 36.5 Å². The van der Waals surface area contributed by atoms with Crippen molar-refractivity contribution < 1.29 is 14.7 Å². The molecule has 1 fully saturated rings. The van der Waals surface area contributed by atoms with Crippen molar-refractivity contribution in [2.24, 2.45) is 5.92 Å². The highest BCUT2D eigenvalue weighted by Gasteiger charge is 2.28. The molecule has 1 amide bonds. The van der Waals surface area contributed by atoms with Gasteiger partial charge in [-0.3, -0.25) is 9.59 Å². The molecule has 108 valence electrons. The van der Waals surface area contributed by atoms with Gasteiger partial charge in [0.1, 0.15) is 11.5 Å². The minimum atomic E-state index is -0.216. The van der Waals surface area contributed by atoms with Crippen LogP contribution >= 0.6 is 0 Å². The van der Waals surface area contributed by atoms with Gasteiger partial charge in [-0.2, -0.15) is 0 Å². The molecule has 0 aromatic heterocycles. The first-order valence-corrected chi connectivity index (χ1v) is 6.93. The predicted octanol–water partition coefficient (Wildman–Crippen LogP) is 1.81. The van der Waals surface area contributed by atoms with Crippen LogP contribution in [0.25, 0.3) is 0 Å². The number of hydrogen-bond donors (Lipinski definition) is 2. The number of carbonyl (C=O) groups is 2. The second-order valence-corrected chi connectivity index (χ2v) is 5.18. The Bertz CT molecular complexity index is 528. The van der Waals surface area contributed by atoms with Gasteiger partial charge >= 0.3 is 0 Å². The maximum absolute atomic E-state index is 12.5. The van der Waals surface area contributed by atoms with Gasteiger partial charge in [-0.15, -0.1) is 0 Å². The molecule has 1 saturated heterocycles. The summed E-state index contributed by atoms with van der Waals surface area (Å²) in [4.78, 5) is 25.9. The van der Waals surface area contributed by atoms with Crippen molar-refractivity contribution in [3.05, 3.63) is 23.8 Å². The molecule has 5 heteroatoms. The minimum absolute atomic E-state index is 0.0146. The second-order valence-electron chi connectivity index (χ2n) is 5.18. The van der Waals surface area contributed by atoms with E-state index >= 15 is 0 Å². The quantitative estimate of drug-likeness (QED) is 0.651. The molecule has 1 unspecified atom stereocenters. The fourth-order valence-electron chi connectivity index (χ4n) is 2.61. The molecule has 3 N–H and O–H groups in total. The van der Waals surface area contributed by atoms with E-state index in [9.17, 15) is 14.7 Å². The van der Waals surface area contributed by atoms with Crippen LogP contribution in [0.2, 0.25) is 0 Å². The van der Waals surface area contributed by atoms with E-state index < -0.39 is 0 Å². The molecule has 0 saturated carbocycles. The maximum Gasteiger partial charge on any atom is 0.256 e. The highest BCUT2D eigenvalue weighted by Crippen LogP contribution is 2.24. The lowest BCUT2D eigenvalue weighted by atomic mass is 9.92. The highest BCUT2D eigenvalue weighted by molar-refractivity contribution is 5.99. The number of Topliss-reactive ketones (excluding diaryl/α,β-unsaturated/α-hetero) is 1. The highest BCUT2D eigenvalue weighted by atomic mass is 16.3. The van der Waals surface area contributed by atoms with Crippen LogP contribution < -0.4 is 5.73 Å². The molecule has 0 radical (unpaired) electrons. The molecule has 1 aromatic carbocycles. The Balaban J connectivity index is 2.16. The van der Waals surface area contributed by atoms with Gasteiger partial charge in [0.05, 0.1) is 5.56 Å². The molecule has 1 heterocycles. The standard InChI is InChI=1S/C15H20N2O3/c1-2-14(19)10-4-3-7-17(9-10)15(20)12-8-11(18)5-6-13(12)16/h5-6,8,10,18H,2-4,7,9,16H2,1H3. The van der Waals surface area contributed by atoms with Gasteiger partial charge in [-0.25, -0.2) is 0 Å². The number of piperidine rings is 1. The molecule has 20 heavy (non-hydrogen) atoms. The summed E-state index contributed by atoms with van der Waals surface area (Å²) in [6.45, 7) is 2.92. The smallest absolute Gasteiger partial charge is 0.256 e. The van der Waals surface area contributed by atoms with Crippen molar-refractivity contribution in [3.8, 4) is 5.75 Å². The number of rotatable bonds is 3. The van der Waals surface area contributed by atoms with E-state index in [0.717, 1.165) is 12.8 Å². The summed E-state index contributed by atoms with van der Waals surface area (Å²) in [6, 6.07) is 4.34. The van der Waals surface area contributed by atoms with Crippen LogP contribution in [0.15, 0.2) is 18.2 Å². The Labute approximate surface area is 118 Å². The molecular weight excluding hydrogens is 256 g/mol. The fraction of sp³-hybridized carbons (Fsp3) is 0.467. The summed E-state index contributed by atoms with van der Waals surface area (Å²) in [7, 11) is 0. The van der Waals surface area contributed by atoms with Crippen molar-refractivity contribution in [2.45, 2.75) is 26.2 Å². The first-order valence-electron chi connectivity index (χ1n) is 6.93. The van der Waals surface area contributed by atoms with Crippen LogP contribution in [-0.2, 0) is 4.79 Å². The number of nitrogens with zero attached hydrogens (tertiary/aromatic N) is 1. The number of benzene rings is 1. The summed E-state index contributed by atoms with van der Waals surface area (Å²) in [6.07, 6.45) is 2.16. The Morgan fingerprint density at radius 1 is 1.45 bits per heavy atom. The first kappa shape index (κ1) is 14.4. The number of phenolic OH excluding ortho intramolecular Hbond substituents is 1. The Morgan fingerprint density at radius 2 is 2.20 bits per heavy atom. The summed E-state index contributed by atoms with van der Waals surface area (Å²) >= 11 is 0. The van der Waals surface area contributed by atoms with Crippen LogP contribution in [0.4, 0.5) is 5.69 Å². The minimum Gasteiger partial charge on any atom is -0.508 e. The number of nitrogen functional groups attached to an aromatic ring is 1. The zero-order chi connectivity index (χ0) is 14.7. The van der Waals surface area contributed by atoms with Crippen LogP contribution in [0.5, 0.6) is 5.75 Å². The number of nitrogens with two attached hydrogens (primary N) is 1. The third kappa shape index (κ3) is 2.92. The largest absolute Gasteiger partial charge is 0.508 e.